The van der Waals surface area contributed by atoms with Gasteiger partial charge >= 0.3 is 6.03 Å². The van der Waals surface area contributed by atoms with E-state index in [4.69, 9.17) is 5.11 Å². The first kappa shape index (κ1) is 11.3. The van der Waals surface area contributed by atoms with Crippen LogP contribution in [-0.2, 0) is 0 Å². The molecule has 14 heavy (non-hydrogen) atoms. The van der Waals surface area contributed by atoms with Crippen molar-refractivity contribution in [2.24, 2.45) is 5.92 Å². The topological polar surface area (TPSA) is 52.6 Å². The molecule has 82 valence electrons. The van der Waals surface area contributed by atoms with Crippen molar-refractivity contribution in [3.8, 4) is 0 Å². The number of urea groups is 1. The summed E-state index contributed by atoms with van der Waals surface area (Å²) >= 11 is 0. The lowest BCUT2D eigenvalue weighted by atomic mass is 10.1. The molecule has 0 saturated carbocycles. The van der Waals surface area contributed by atoms with Gasteiger partial charge in [-0.05, 0) is 25.2 Å². The zero-order valence-electron chi connectivity index (χ0n) is 8.83. The first-order chi connectivity index (χ1) is 6.74. The second-order valence-electron chi connectivity index (χ2n) is 4.00. The smallest absolute Gasteiger partial charge is 0.317 e. The molecular formula is C10H20N2O2. The lowest BCUT2D eigenvalue weighted by Crippen LogP contribution is -2.46. The summed E-state index contributed by atoms with van der Waals surface area (Å²) in [5.74, 6) is 0.350. The van der Waals surface area contributed by atoms with E-state index >= 15 is 0 Å². The summed E-state index contributed by atoms with van der Waals surface area (Å²) in [6.45, 7) is 4.76. The van der Waals surface area contributed by atoms with Crippen LogP contribution >= 0.6 is 0 Å². The van der Waals surface area contributed by atoms with Crippen molar-refractivity contribution >= 4 is 6.03 Å². The average molecular weight is 200 g/mol. The lowest BCUT2D eigenvalue weighted by Gasteiger charge is -2.27. The molecule has 1 atom stereocenters. The number of hydrogen-bond donors (Lipinski definition) is 2. The van der Waals surface area contributed by atoms with Crippen molar-refractivity contribution in [3.63, 3.8) is 0 Å². The first-order valence-corrected chi connectivity index (χ1v) is 5.37. The van der Waals surface area contributed by atoms with Gasteiger partial charge in [0.05, 0.1) is 0 Å². The monoisotopic (exact) mass is 200 g/mol. The number of rotatable bonds is 5. The Morgan fingerprint density at radius 3 is 3.07 bits per heavy atom. The van der Waals surface area contributed by atoms with Gasteiger partial charge in [-0.2, -0.15) is 0 Å². The van der Waals surface area contributed by atoms with Crippen molar-refractivity contribution < 1.29 is 9.90 Å². The maximum Gasteiger partial charge on any atom is 0.317 e. The Kier molecular flexibility index (Phi) is 4.73. The third-order valence-corrected chi connectivity index (χ3v) is 2.60. The Labute approximate surface area is 85.3 Å². The van der Waals surface area contributed by atoms with Crippen LogP contribution in [0, 0.1) is 5.92 Å². The Bertz CT molecular complexity index is 185. The maximum atomic E-state index is 11.3. The molecule has 1 heterocycles. The molecule has 0 aliphatic carbocycles. The van der Waals surface area contributed by atoms with Crippen molar-refractivity contribution in [1.29, 1.82) is 0 Å². The van der Waals surface area contributed by atoms with Gasteiger partial charge in [0, 0.05) is 26.2 Å². The molecule has 2 amide bonds. The van der Waals surface area contributed by atoms with E-state index in [2.05, 4.69) is 5.32 Å². The van der Waals surface area contributed by atoms with Gasteiger partial charge in [-0.15, -0.1) is 0 Å². The number of amides is 2. The molecule has 0 spiro atoms. The van der Waals surface area contributed by atoms with E-state index in [1.54, 1.807) is 0 Å². The minimum absolute atomic E-state index is 0.0629. The summed E-state index contributed by atoms with van der Waals surface area (Å²) in [6, 6.07) is 0.0629. The fraction of sp³-hybridized carbons (Fsp3) is 0.900. The van der Waals surface area contributed by atoms with Crippen molar-refractivity contribution in [2.75, 3.05) is 26.2 Å². The number of aliphatic hydroxyl groups excluding tert-OH is 1. The Balaban J connectivity index is 2.13. The lowest BCUT2D eigenvalue weighted by molar-refractivity contribution is 0.180. The van der Waals surface area contributed by atoms with E-state index in [-0.39, 0.29) is 12.6 Å². The highest BCUT2D eigenvalue weighted by atomic mass is 16.3. The summed E-state index contributed by atoms with van der Waals surface area (Å²) in [6.07, 6.45) is 3.01. The first-order valence-electron chi connectivity index (χ1n) is 5.37. The predicted octanol–water partition coefficient (Wildman–Crippen LogP) is 0.810. The van der Waals surface area contributed by atoms with Gasteiger partial charge in [0.1, 0.15) is 0 Å². The van der Waals surface area contributed by atoms with Gasteiger partial charge in [-0.1, -0.05) is 6.92 Å². The van der Waals surface area contributed by atoms with Crippen LogP contribution < -0.4 is 5.32 Å². The minimum atomic E-state index is 0.0629. The van der Waals surface area contributed by atoms with Crippen LogP contribution in [0.5, 0.6) is 0 Å². The summed E-state index contributed by atoms with van der Waals surface area (Å²) < 4.78 is 0. The Morgan fingerprint density at radius 1 is 1.64 bits per heavy atom. The third-order valence-electron chi connectivity index (χ3n) is 2.60. The van der Waals surface area contributed by atoms with Gasteiger partial charge in [0.15, 0.2) is 0 Å². The van der Waals surface area contributed by atoms with Gasteiger partial charge < -0.3 is 15.3 Å². The summed E-state index contributed by atoms with van der Waals surface area (Å²) in [7, 11) is 0. The SMILES string of the molecule is CC(CO)CCCN1CCCNC1=O. The average Bonchev–Trinajstić information content (AvgIpc) is 2.20. The maximum absolute atomic E-state index is 11.3. The highest BCUT2D eigenvalue weighted by molar-refractivity contribution is 5.74. The van der Waals surface area contributed by atoms with Crippen LogP contribution in [0.25, 0.3) is 0 Å². The zero-order chi connectivity index (χ0) is 10.4. The fourth-order valence-electron chi connectivity index (χ4n) is 1.61. The number of carbonyl (C=O) groups excluding carboxylic acids is 1. The van der Waals surface area contributed by atoms with Gasteiger partial charge in [0.25, 0.3) is 0 Å². The quantitative estimate of drug-likeness (QED) is 0.690. The molecule has 2 N–H and O–H groups in total. The molecule has 0 bridgehead atoms. The molecule has 0 aromatic heterocycles. The normalized spacial score (nSPS) is 19.3. The summed E-state index contributed by atoms with van der Waals surface area (Å²) in [4.78, 5) is 13.2. The molecule has 1 aliphatic rings. The largest absolute Gasteiger partial charge is 0.396 e. The molecule has 0 aromatic carbocycles. The van der Waals surface area contributed by atoms with E-state index < -0.39 is 0 Å². The molecule has 1 unspecified atom stereocenters. The number of carbonyl (C=O) groups is 1. The van der Waals surface area contributed by atoms with Crippen LogP contribution in [0.2, 0.25) is 0 Å². The van der Waals surface area contributed by atoms with E-state index in [0.717, 1.165) is 38.9 Å². The summed E-state index contributed by atoms with van der Waals surface area (Å²) in [5.41, 5.74) is 0. The van der Waals surface area contributed by atoms with Crippen molar-refractivity contribution in [1.82, 2.24) is 10.2 Å². The van der Waals surface area contributed by atoms with Gasteiger partial charge in [0.2, 0.25) is 0 Å². The Morgan fingerprint density at radius 2 is 2.43 bits per heavy atom. The second kappa shape index (κ2) is 5.86. The highest BCUT2D eigenvalue weighted by Crippen LogP contribution is 2.07. The standard InChI is InChI=1S/C10H20N2O2/c1-9(8-13)4-2-6-12-7-3-5-11-10(12)14/h9,13H,2-8H2,1H3,(H,11,14). The molecule has 1 fully saturated rings. The van der Waals surface area contributed by atoms with E-state index in [1.807, 2.05) is 11.8 Å². The van der Waals surface area contributed by atoms with Crippen LogP contribution in [0.1, 0.15) is 26.2 Å². The molecule has 1 saturated heterocycles. The van der Waals surface area contributed by atoms with E-state index in [1.165, 1.54) is 0 Å². The van der Waals surface area contributed by atoms with E-state index in [9.17, 15) is 4.79 Å². The molecule has 0 radical (unpaired) electrons. The zero-order valence-corrected chi connectivity index (χ0v) is 8.83. The van der Waals surface area contributed by atoms with Crippen LogP contribution in [-0.4, -0.2) is 42.3 Å². The molecule has 0 aromatic rings. The number of aliphatic hydroxyl groups is 1. The molecular weight excluding hydrogens is 180 g/mol. The molecule has 1 aliphatic heterocycles. The highest BCUT2D eigenvalue weighted by Gasteiger charge is 2.16. The van der Waals surface area contributed by atoms with Crippen LogP contribution in [0.15, 0.2) is 0 Å². The Hall–Kier alpha value is -0.770. The number of nitrogens with zero attached hydrogens (tertiary/aromatic N) is 1. The minimum Gasteiger partial charge on any atom is -0.396 e. The van der Waals surface area contributed by atoms with Gasteiger partial charge in [-0.3, -0.25) is 0 Å². The summed E-state index contributed by atoms with van der Waals surface area (Å²) in [5, 5.41) is 11.7. The molecule has 4 heteroatoms. The van der Waals surface area contributed by atoms with Gasteiger partial charge in [-0.25, -0.2) is 4.79 Å². The third kappa shape index (κ3) is 3.54. The van der Waals surface area contributed by atoms with Crippen molar-refractivity contribution in [2.45, 2.75) is 26.2 Å². The number of hydrogen-bond acceptors (Lipinski definition) is 2. The van der Waals surface area contributed by atoms with Crippen molar-refractivity contribution in [3.05, 3.63) is 0 Å². The number of nitrogens with one attached hydrogen (secondary N) is 1. The second-order valence-corrected chi connectivity index (χ2v) is 4.00. The molecule has 1 rings (SSSR count). The van der Waals surface area contributed by atoms with Crippen LogP contribution in [0.4, 0.5) is 4.79 Å². The predicted molar refractivity (Wildman–Crippen MR) is 55.1 cm³/mol. The van der Waals surface area contributed by atoms with E-state index in [0.29, 0.717) is 5.92 Å². The fourth-order valence-corrected chi connectivity index (χ4v) is 1.61. The van der Waals surface area contributed by atoms with Crippen LogP contribution in [0.3, 0.4) is 0 Å². The molecule has 4 nitrogen and oxygen atoms in total.